The fourth-order valence-corrected chi connectivity index (χ4v) is 3.69. The smallest absolute Gasteiger partial charge is 0.225 e. The van der Waals surface area contributed by atoms with Crippen LogP contribution in [0.5, 0.6) is 0 Å². The Hall–Kier alpha value is -1.74. The fraction of sp³-hybridized carbons (Fsp3) is 0.200. The van der Waals surface area contributed by atoms with E-state index < -0.39 is 20.0 Å². The largest absolute Gasteiger partial charge is 0.240 e. The van der Waals surface area contributed by atoms with Crippen LogP contribution in [-0.4, -0.2) is 23.4 Å². The Morgan fingerprint density at radius 2 is 1.61 bits per heavy atom. The lowest BCUT2D eigenvalue weighted by atomic mass is 10.2. The van der Waals surface area contributed by atoms with Crippen LogP contribution < -0.4 is 9.86 Å². The van der Waals surface area contributed by atoms with E-state index in [4.69, 9.17) is 5.14 Å². The Bertz CT molecular complexity index is 889. The molecule has 23 heavy (non-hydrogen) atoms. The molecule has 2 rings (SSSR count). The third kappa shape index (κ3) is 4.87. The van der Waals surface area contributed by atoms with Crippen LogP contribution in [-0.2, 0) is 26.5 Å². The van der Waals surface area contributed by atoms with E-state index in [0.29, 0.717) is 6.42 Å². The average molecular weight is 354 g/mol. The minimum Gasteiger partial charge on any atom is -0.225 e. The molecule has 2 aromatic carbocycles. The summed E-state index contributed by atoms with van der Waals surface area (Å²) in [6, 6.07) is 12.7. The summed E-state index contributed by atoms with van der Waals surface area (Å²) in [6.07, 6.45) is 0.440. The summed E-state index contributed by atoms with van der Waals surface area (Å²) < 4.78 is 49.2. The number of sulfonamides is 2. The predicted molar refractivity (Wildman–Crippen MR) is 87.9 cm³/mol. The third-order valence-electron chi connectivity index (χ3n) is 3.26. The standard InChI is InChI=1S/C15H18N2O4S2/c1-12-3-2-4-15(11-12)23(20,21)17-10-9-13-5-7-14(8-6-13)22(16,18)19/h2-8,11,17H,9-10H2,1H3,(H2,16,18,19). The highest BCUT2D eigenvalue weighted by molar-refractivity contribution is 7.89. The molecule has 0 aliphatic carbocycles. The summed E-state index contributed by atoms with van der Waals surface area (Å²) in [6.45, 7) is 2.04. The van der Waals surface area contributed by atoms with Crippen molar-refractivity contribution in [2.45, 2.75) is 23.1 Å². The van der Waals surface area contributed by atoms with E-state index in [0.717, 1.165) is 11.1 Å². The first-order chi connectivity index (χ1) is 10.7. The van der Waals surface area contributed by atoms with Gasteiger partial charge in [-0.2, -0.15) is 0 Å². The molecule has 0 bridgehead atoms. The molecule has 8 heteroatoms. The van der Waals surface area contributed by atoms with E-state index in [-0.39, 0.29) is 16.3 Å². The van der Waals surface area contributed by atoms with Crippen molar-refractivity contribution in [1.82, 2.24) is 4.72 Å². The van der Waals surface area contributed by atoms with Crippen LogP contribution in [0.15, 0.2) is 58.3 Å². The van der Waals surface area contributed by atoms with Gasteiger partial charge in [-0.1, -0.05) is 24.3 Å². The van der Waals surface area contributed by atoms with E-state index >= 15 is 0 Å². The van der Waals surface area contributed by atoms with Crippen LogP contribution in [0.3, 0.4) is 0 Å². The molecule has 124 valence electrons. The van der Waals surface area contributed by atoms with Crippen molar-refractivity contribution in [1.29, 1.82) is 0 Å². The van der Waals surface area contributed by atoms with Gasteiger partial charge in [-0.05, 0) is 48.7 Å². The maximum absolute atomic E-state index is 12.2. The Kier molecular flexibility index (Phi) is 5.20. The van der Waals surface area contributed by atoms with Crippen molar-refractivity contribution in [3.05, 3.63) is 59.7 Å². The molecule has 0 fully saturated rings. The molecule has 0 atom stereocenters. The minimum atomic E-state index is -3.71. The molecule has 0 radical (unpaired) electrons. The Balaban J connectivity index is 1.99. The van der Waals surface area contributed by atoms with Crippen LogP contribution in [0.25, 0.3) is 0 Å². The summed E-state index contributed by atoms with van der Waals surface area (Å²) in [5.74, 6) is 0. The molecule has 2 aromatic rings. The van der Waals surface area contributed by atoms with Crippen molar-refractivity contribution in [2.24, 2.45) is 5.14 Å². The van der Waals surface area contributed by atoms with E-state index in [1.54, 1.807) is 24.3 Å². The Morgan fingerprint density at radius 1 is 0.957 bits per heavy atom. The van der Waals surface area contributed by atoms with Gasteiger partial charge in [-0.15, -0.1) is 0 Å². The van der Waals surface area contributed by atoms with Gasteiger partial charge in [0.25, 0.3) is 0 Å². The molecular formula is C15H18N2O4S2. The van der Waals surface area contributed by atoms with Crippen molar-refractivity contribution in [3.8, 4) is 0 Å². The molecular weight excluding hydrogens is 336 g/mol. The van der Waals surface area contributed by atoms with Gasteiger partial charge in [0.2, 0.25) is 20.0 Å². The predicted octanol–water partition coefficient (Wildman–Crippen LogP) is 1.16. The summed E-state index contributed by atoms with van der Waals surface area (Å²) in [4.78, 5) is 0.253. The molecule has 0 aliphatic heterocycles. The van der Waals surface area contributed by atoms with E-state index in [1.807, 2.05) is 13.0 Å². The van der Waals surface area contributed by atoms with Crippen LogP contribution in [0.4, 0.5) is 0 Å². The minimum absolute atomic E-state index is 0.0293. The van der Waals surface area contributed by atoms with Gasteiger partial charge in [0.05, 0.1) is 9.79 Å². The number of nitrogens with one attached hydrogen (secondary N) is 1. The van der Waals surface area contributed by atoms with Crippen LogP contribution in [0, 0.1) is 6.92 Å². The molecule has 6 nitrogen and oxygen atoms in total. The highest BCUT2D eigenvalue weighted by Crippen LogP contribution is 2.12. The zero-order valence-corrected chi connectivity index (χ0v) is 14.2. The molecule has 0 saturated carbocycles. The van der Waals surface area contributed by atoms with Crippen molar-refractivity contribution >= 4 is 20.0 Å². The Labute approximate surface area is 136 Å². The van der Waals surface area contributed by atoms with Gasteiger partial charge in [-0.25, -0.2) is 26.7 Å². The van der Waals surface area contributed by atoms with Gasteiger partial charge < -0.3 is 0 Å². The van der Waals surface area contributed by atoms with Gasteiger partial charge in [0.1, 0.15) is 0 Å². The van der Waals surface area contributed by atoms with Gasteiger partial charge in [0, 0.05) is 6.54 Å². The lowest BCUT2D eigenvalue weighted by molar-refractivity contribution is 0.581. The molecule has 0 aliphatic rings. The van der Waals surface area contributed by atoms with Gasteiger partial charge in [0.15, 0.2) is 0 Å². The number of aryl methyl sites for hydroxylation is 1. The van der Waals surface area contributed by atoms with E-state index in [9.17, 15) is 16.8 Å². The maximum Gasteiger partial charge on any atom is 0.240 e. The lowest BCUT2D eigenvalue weighted by Gasteiger charge is -2.08. The van der Waals surface area contributed by atoms with Crippen molar-refractivity contribution in [2.75, 3.05) is 6.54 Å². The average Bonchev–Trinajstić information content (AvgIpc) is 2.47. The topological polar surface area (TPSA) is 106 Å². The van der Waals surface area contributed by atoms with Crippen LogP contribution in [0.2, 0.25) is 0 Å². The number of rotatable bonds is 6. The SMILES string of the molecule is Cc1cccc(S(=O)(=O)NCCc2ccc(S(N)(=O)=O)cc2)c1. The molecule has 3 N–H and O–H groups in total. The van der Waals surface area contributed by atoms with Crippen LogP contribution in [0.1, 0.15) is 11.1 Å². The lowest BCUT2D eigenvalue weighted by Crippen LogP contribution is -2.26. The van der Waals surface area contributed by atoms with E-state index in [2.05, 4.69) is 4.72 Å². The molecule has 0 heterocycles. The first-order valence-electron chi connectivity index (χ1n) is 6.86. The van der Waals surface area contributed by atoms with Gasteiger partial charge in [-0.3, -0.25) is 0 Å². The summed E-state index contributed by atoms with van der Waals surface area (Å²) >= 11 is 0. The van der Waals surface area contributed by atoms with Crippen molar-refractivity contribution in [3.63, 3.8) is 0 Å². The summed E-state index contributed by atoms with van der Waals surface area (Å²) in [7, 11) is -7.27. The highest BCUT2D eigenvalue weighted by Gasteiger charge is 2.13. The molecule has 0 unspecified atom stereocenters. The summed E-state index contributed by atoms with van der Waals surface area (Å²) in [5.41, 5.74) is 1.68. The molecule has 0 aromatic heterocycles. The highest BCUT2D eigenvalue weighted by atomic mass is 32.2. The van der Waals surface area contributed by atoms with Gasteiger partial charge >= 0.3 is 0 Å². The van der Waals surface area contributed by atoms with Crippen molar-refractivity contribution < 1.29 is 16.8 Å². The number of hydrogen-bond donors (Lipinski definition) is 2. The zero-order valence-electron chi connectivity index (χ0n) is 12.6. The van der Waals surface area contributed by atoms with E-state index in [1.165, 1.54) is 18.2 Å². The monoisotopic (exact) mass is 354 g/mol. The first-order valence-corrected chi connectivity index (χ1v) is 9.89. The fourth-order valence-electron chi connectivity index (χ4n) is 2.04. The molecule has 0 amide bonds. The second-order valence-electron chi connectivity index (χ2n) is 5.15. The number of nitrogens with two attached hydrogens (primary N) is 1. The first kappa shape index (κ1) is 17.6. The summed E-state index contributed by atoms with van der Waals surface area (Å²) in [5, 5.41) is 5.02. The second kappa shape index (κ2) is 6.79. The quantitative estimate of drug-likeness (QED) is 0.812. The Morgan fingerprint density at radius 3 is 2.17 bits per heavy atom. The third-order valence-corrected chi connectivity index (χ3v) is 5.65. The number of benzene rings is 2. The maximum atomic E-state index is 12.2. The number of hydrogen-bond acceptors (Lipinski definition) is 4. The zero-order chi connectivity index (χ0) is 17.1. The second-order valence-corrected chi connectivity index (χ2v) is 8.48. The molecule has 0 saturated heterocycles. The normalized spacial score (nSPS) is 12.3. The van der Waals surface area contributed by atoms with Crippen LogP contribution >= 0.6 is 0 Å². The number of primary sulfonamides is 1. The molecule has 0 spiro atoms.